The average Bonchev–Trinajstić information content (AvgIpc) is 2.37. The first-order chi connectivity index (χ1) is 9.25. The van der Waals surface area contributed by atoms with Crippen LogP contribution in [0.25, 0.3) is 0 Å². The van der Waals surface area contributed by atoms with Gasteiger partial charge in [-0.15, -0.1) is 0 Å². The molecule has 0 aliphatic rings. The number of benzene rings is 1. The molecule has 3 nitrogen and oxygen atoms in total. The number of hydrogen-bond acceptors (Lipinski definition) is 2. The van der Waals surface area contributed by atoms with Crippen LogP contribution in [-0.4, -0.2) is 23.7 Å². The summed E-state index contributed by atoms with van der Waals surface area (Å²) in [4.78, 5) is 11.7. The topological polar surface area (TPSA) is 49.3 Å². The van der Waals surface area contributed by atoms with Crippen molar-refractivity contribution in [1.29, 1.82) is 0 Å². The molecule has 112 valence electrons. The normalized spacial score (nSPS) is 13.1. The maximum Gasteiger partial charge on any atom is 0.417 e. The third kappa shape index (κ3) is 4.68. The van der Waals surface area contributed by atoms with E-state index in [-0.39, 0.29) is 12.1 Å². The van der Waals surface area contributed by atoms with E-state index in [1.165, 1.54) is 6.07 Å². The van der Waals surface area contributed by atoms with Gasteiger partial charge in [-0.25, -0.2) is 0 Å². The molecule has 1 atom stereocenters. The van der Waals surface area contributed by atoms with Gasteiger partial charge in [0.25, 0.3) is 5.91 Å². The fraction of sp³-hybridized carbons (Fsp3) is 0.462. The predicted molar refractivity (Wildman–Crippen MR) is 69.7 cm³/mol. The Balaban J connectivity index is 2.74. The van der Waals surface area contributed by atoms with E-state index in [2.05, 4.69) is 5.32 Å². The zero-order valence-electron chi connectivity index (χ0n) is 10.8. The number of amides is 1. The second-order valence-electron chi connectivity index (χ2n) is 4.30. The molecule has 0 aliphatic carbocycles. The van der Waals surface area contributed by atoms with E-state index in [0.717, 1.165) is 6.07 Å². The summed E-state index contributed by atoms with van der Waals surface area (Å²) < 4.78 is 37.9. The highest BCUT2D eigenvalue weighted by Crippen LogP contribution is 2.35. The third-order valence-electron chi connectivity index (χ3n) is 2.77. The zero-order valence-corrected chi connectivity index (χ0v) is 11.6. The summed E-state index contributed by atoms with van der Waals surface area (Å²) >= 11 is 5.47. The molecule has 7 heteroatoms. The van der Waals surface area contributed by atoms with Crippen molar-refractivity contribution in [2.24, 2.45) is 0 Å². The van der Waals surface area contributed by atoms with E-state index in [9.17, 15) is 23.1 Å². The lowest BCUT2D eigenvalue weighted by Gasteiger charge is -2.12. The van der Waals surface area contributed by atoms with E-state index < -0.39 is 28.8 Å². The van der Waals surface area contributed by atoms with Crippen molar-refractivity contribution in [3.63, 3.8) is 0 Å². The smallest absolute Gasteiger partial charge is 0.393 e. The lowest BCUT2D eigenvalue weighted by molar-refractivity contribution is -0.137. The molecule has 1 aromatic rings. The summed E-state index contributed by atoms with van der Waals surface area (Å²) in [5, 5.41) is 11.3. The van der Waals surface area contributed by atoms with Crippen molar-refractivity contribution in [3.05, 3.63) is 34.3 Å². The van der Waals surface area contributed by atoms with Gasteiger partial charge in [0.15, 0.2) is 0 Å². The van der Waals surface area contributed by atoms with Crippen LogP contribution in [0.2, 0.25) is 5.02 Å². The molecule has 0 aromatic heterocycles. The number of carbonyl (C=O) groups excluding carboxylic acids is 1. The minimum atomic E-state index is -4.61. The summed E-state index contributed by atoms with van der Waals surface area (Å²) in [5.41, 5.74) is -1.16. The van der Waals surface area contributed by atoms with Gasteiger partial charge in [0.2, 0.25) is 0 Å². The van der Waals surface area contributed by atoms with Crippen LogP contribution in [0.1, 0.15) is 35.7 Å². The average molecular weight is 310 g/mol. The Morgan fingerprint density at radius 3 is 2.65 bits per heavy atom. The van der Waals surface area contributed by atoms with E-state index in [0.29, 0.717) is 18.9 Å². The minimum absolute atomic E-state index is 0.118. The summed E-state index contributed by atoms with van der Waals surface area (Å²) in [5.74, 6) is -0.629. The second kappa shape index (κ2) is 6.95. The first-order valence-electron chi connectivity index (χ1n) is 6.08. The van der Waals surface area contributed by atoms with Crippen LogP contribution in [0.15, 0.2) is 18.2 Å². The highest BCUT2D eigenvalue weighted by Gasteiger charge is 2.33. The molecule has 2 N–H and O–H groups in total. The van der Waals surface area contributed by atoms with E-state index >= 15 is 0 Å². The van der Waals surface area contributed by atoms with Gasteiger partial charge < -0.3 is 10.4 Å². The van der Waals surface area contributed by atoms with Crippen LogP contribution in [-0.2, 0) is 6.18 Å². The molecule has 20 heavy (non-hydrogen) atoms. The van der Waals surface area contributed by atoms with Crippen molar-refractivity contribution in [1.82, 2.24) is 5.32 Å². The van der Waals surface area contributed by atoms with Crippen molar-refractivity contribution in [3.8, 4) is 0 Å². The van der Waals surface area contributed by atoms with E-state index in [1.54, 1.807) is 6.92 Å². The molecule has 0 spiro atoms. The Hall–Kier alpha value is -1.27. The van der Waals surface area contributed by atoms with Crippen LogP contribution < -0.4 is 5.32 Å². The maximum atomic E-state index is 12.6. The quantitative estimate of drug-likeness (QED) is 0.877. The molecule has 1 rings (SSSR count). The summed E-state index contributed by atoms with van der Waals surface area (Å²) in [6.07, 6.45) is -4.24. The second-order valence-corrected chi connectivity index (χ2v) is 4.71. The van der Waals surface area contributed by atoms with Crippen molar-refractivity contribution in [2.45, 2.75) is 32.0 Å². The zero-order chi connectivity index (χ0) is 15.3. The van der Waals surface area contributed by atoms with Gasteiger partial charge in [-0.3, -0.25) is 4.79 Å². The molecule has 0 saturated heterocycles. The van der Waals surface area contributed by atoms with Crippen molar-refractivity contribution in [2.75, 3.05) is 6.54 Å². The Bertz CT molecular complexity index is 477. The molecule has 0 fully saturated rings. The Kier molecular flexibility index (Phi) is 5.83. The van der Waals surface area contributed by atoms with Crippen LogP contribution >= 0.6 is 11.6 Å². The number of aliphatic hydroxyl groups is 1. The first-order valence-corrected chi connectivity index (χ1v) is 6.46. The summed E-state index contributed by atoms with van der Waals surface area (Å²) in [6.45, 7) is 1.99. The van der Waals surface area contributed by atoms with Crippen LogP contribution in [0.4, 0.5) is 13.2 Å². The van der Waals surface area contributed by atoms with Gasteiger partial charge in [0, 0.05) is 12.1 Å². The minimum Gasteiger partial charge on any atom is -0.393 e. The molecule has 0 aliphatic heterocycles. The molecular formula is C13H15ClF3NO2. The van der Waals surface area contributed by atoms with Crippen molar-refractivity contribution >= 4 is 17.5 Å². The lowest BCUT2D eigenvalue weighted by atomic mass is 10.1. The highest BCUT2D eigenvalue weighted by molar-refractivity contribution is 6.31. The number of alkyl halides is 3. The number of hydrogen-bond donors (Lipinski definition) is 2. The largest absolute Gasteiger partial charge is 0.417 e. The molecular weight excluding hydrogens is 295 g/mol. The SMILES string of the molecule is CCC(O)CCNC(=O)c1ccc(Cl)c(C(F)(F)F)c1. The molecule has 1 unspecified atom stereocenters. The number of carbonyl (C=O) groups is 1. The summed E-state index contributed by atoms with van der Waals surface area (Å²) in [7, 11) is 0. The lowest BCUT2D eigenvalue weighted by Crippen LogP contribution is -2.27. The number of aliphatic hydroxyl groups excluding tert-OH is 1. The van der Waals surface area contributed by atoms with Crippen LogP contribution in [0.5, 0.6) is 0 Å². The fourth-order valence-electron chi connectivity index (χ4n) is 1.54. The van der Waals surface area contributed by atoms with Crippen molar-refractivity contribution < 1.29 is 23.1 Å². The standard InChI is InChI=1S/C13H15ClF3NO2/c1-2-9(19)5-6-18-12(20)8-3-4-11(14)10(7-8)13(15,16)17/h3-4,7,9,19H,2,5-6H2,1H3,(H,18,20). The number of rotatable bonds is 5. The Labute approximate surface area is 119 Å². The molecule has 0 radical (unpaired) electrons. The Morgan fingerprint density at radius 1 is 1.45 bits per heavy atom. The Morgan fingerprint density at radius 2 is 2.10 bits per heavy atom. The van der Waals surface area contributed by atoms with Gasteiger partial charge in [0.05, 0.1) is 16.7 Å². The predicted octanol–water partition coefficient (Wildman–Crippen LogP) is 3.25. The van der Waals surface area contributed by atoms with Gasteiger partial charge >= 0.3 is 6.18 Å². The molecule has 0 saturated carbocycles. The van der Waals surface area contributed by atoms with E-state index in [1.807, 2.05) is 0 Å². The van der Waals surface area contributed by atoms with Crippen LogP contribution in [0.3, 0.4) is 0 Å². The number of halogens is 4. The molecule has 0 heterocycles. The first kappa shape index (κ1) is 16.8. The van der Waals surface area contributed by atoms with E-state index in [4.69, 9.17) is 11.6 Å². The number of nitrogens with one attached hydrogen (secondary N) is 1. The maximum absolute atomic E-state index is 12.6. The van der Waals surface area contributed by atoms with Gasteiger partial charge in [-0.2, -0.15) is 13.2 Å². The fourth-order valence-corrected chi connectivity index (χ4v) is 1.77. The summed E-state index contributed by atoms with van der Waals surface area (Å²) in [6, 6.07) is 2.98. The van der Waals surface area contributed by atoms with Crippen LogP contribution in [0, 0.1) is 0 Å². The molecule has 1 amide bonds. The third-order valence-corrected chi connectivity index (χ3v) is 3.10. The molecule has 0 bridgehead atoms. The monoisotopic (exact) mass is 309 g/mol. The highest BCUT2D eigenvalue weighted by atomic mass is 35.5. The van der Waals surface area contributed by atoms with Gasteiger partial charge in [0.1, 0.15) is 0 Å². The van der Waals surface area contributed by atoms with Gasteiger partial charge in [-0.05, 0) is 31.0 Å². The molecule has 1 aromatic carbocycles. The van der Waals surface area contributed by atoms with Gasteiger partial charge in [-0.1, -0.05) is 18.5 Å².